The number of ether oxygens (including phenoxy) is 1. The Hall–Kier alpha value is -0.310. The molecule has 1 unspecified atom stereocenters. The summed E-state index contributed by atoms with van der Waals surface area (Å²) in [7, 11) is 0. The Labute approximate surface area is 102 Å². The molecule has 0 aliphatic carbocycles. The fourth-order valence-corrected chi connectivity index (χ4v) is 0.234. The Morgan fingerprint density at radius 1 is 1.29 bits per heavy atom. The quantitative estimate of drug-likeness (QED) is 0.212. The Kier molecular flexibility index (Phi) is 9.26. The van der Waals surface area contributed by atoms with Crippen molar-refractivity contribution in [3.8, 4) is 0 Å². The van der Waals surface area contributed by atoms with E-state index in [2.05, 4.69) is 4.74 Å². The molecule has 0 amide bonds. The van der Waals surface area contributed by atoms with Crippen LogP contribution in [0.1, 0.15) is 0 Å². The van der Waals surface area contributed by atoms with Crippen molar-refractivity contribution in [1.29, 1.82) is 0 Å². The number of carboxylic acid groups (broad SMARTS) is 2. The first-order valence-electron chi connectivity index (χ1n) is 3.24. The molecule has 0 saturated carbocycles. The first kappa shape index (κ1) is 16.1. The van der Waals surface area contributed by atoms with Crippen molar-refractivity contribution in [1.82, 2.24) is 0 Å². The molecule has 1 aliphatic heterocycles. The van der Waals surface area contributed by atoms with Crippen LogP contribution in [0.3, 0.4) is 0 Å². The minimum Gasteiger partial charge on any atom is -0.531 e. The molecule has 0 aromatic carbocycles. The van der Waals surface area contributed by atoms with Gasteiger partial charge in [0.1, 0.15) is 0 Å². The van der Waals surface area contributed by atoms with Crippen molar-refractivity contribution >= 4 is 11.9 Å². The number of epoxide rings is 1. The molecule has 14 heavy (non-hydrogen) atoms. The minimum atomic E-state index is -2.35. The van der Waals surface area contributed by atoms with Crippen molar-refractivity contribution in [3.05, 3.63) is 6.10 Å². The standard InChI is InChI=1S/C4H5O6.C2H4O.Na/c5-1(3(7)8)2(6)4(9)10;1-2-3-1;/h1,5-6H,(H,7,8)(H,9,10);1-2H2;/q-1;;+1. The molecule has 0 aromatic rings. The molecule has 0 aromatic heterocycles. The van der Waals surface area contributed by atoms with Gasteiger partial charge < -0.3 is 25.2 Å². The van der Waals surface area contributed by atoms with Crippen LogP contribution >= 0.6 is 0 Å². The summed E-state index contributed by atoms with van der Waals surface area (Å²) in [5, 5.41) is 32.3. The maximum absolute atomic E-state index is 9.75. The number of carboxylic acids is 2. The average Bonchev–Trinajstić information content (AvgIpc) is 2.86. The number of aliphatic hydroxyl groups is 2. The largest absolute Gasteiger partial charge is 1.00 e. The van der Waals surface area contributed by atoms with E-state index in [1.54, 1.807) is 0 Å². The number of carbonyl (C=O) groups is 2. The van der Waals surface area contributed by atoms with Gasteiger partial charge in [-0.2, -0.15) is 0 Å². The van der Waals surface area contributed by atoms with Crippen LogP contribution in [0.15, 0.2) is 0 Å². The van der Waals surface area contributed by atoms with Crippen molar-refractivity contribution in [2.75, 3.05) is 13.2 Å². The van der Waals surface area contributed by atoms with E-state index < -0.39 is 24.1 Å². The first-order valence-corrected chi connectivity index (χ1v) is 3.24. The van der Waals surface area contributed by atoms with Gasteiger partial charge in [-0.1, -0.05) is 0 Å². The van der Waals surface area contributed by atoms with Gasteiger partial charge in [-0.15, -0.1) is 6.10 Å². The van der Waals surface area contributed by atoms with Crippen LogP contribution < -0.4 is 29.6 Å². The van der Waals surface area contributed by atoms with Gasteiger partial charge in [0, 0.05) is 0 Å². The summed E-state index contributed by atoms with van der Waals surface area (Å²) in [4.78, 5) is 19.5. The molecule has 1 aliphatic rings. The smallest absolute Gasteiger partial charge is 0.531 e. The van der Waals surface area contributed by atoms with E-state index in [0.29, 0.717) is 0 Å². The summed E-state index contributed by atoms with van der Waals surface area (Å²) in [6.45, 7) is 2.00. The molecule has 1 heterocycles. The Morgan fingerprint density at radius 3 is 1.71 bits per heavy atom. The van der Waals surface area contributed by atoms with Crippen LogP contribution in [0.25, 0.3) is 0 Å². The second-order valence-corrected chi connectivity index (χ2v) is 2.04. The number of hydrogen-bond acceptors (Lipinski definition) is 5. The zero-order chi connectivity index (χ0) is 10.4. The molecule has 7 nitrogen and oxygen atoms in total. The fourth-order valence-electron chi connectivity index (χ4n) is 0.234. The number of aliphatic hydroxyl groups excluding tert-OH is 2. The summed E-state index contributed by atoms with van der Waals surface area (Å²) >= 11 is 0. The summed E-state index contributed by atoms with van der Waals surface area (Å²) in [5.74, 6) is -3.66. The zero-order valence-electron chi connectivity index (χ0n) is 7.51. The van der Waals surface area contributed by atoms with E-state index in [0.717, 1.165) is 13.2 Å². The molecule has 1 fully saturated rings. The van der Waals surface area contributed by atoms with Gasteiger partial charge >= 0.3 is 35.5 Å². The van der Waals surface area contributed by atoms with Gasteiger partial charge in [-0.25, -0.2) is 0 Å². The van der Waals surface area contributed by atoms with Crippen molar-refractivity contribution in [2.45, 2.75) is 6.10 Å². The van der Waals surface area contributed by atoms with Gasteiger partial charge in [0.25, 0.3) is 0 Å². The molecule has 76 valence electrons. The number of hydrogen-bond donors (Lipinski definition) is 4. The average molecular weight is 216 g/mol. The molecule has 4 N–H and O–H groups in total. The fraction of sp³-hybridized carbons (Fsp3) is 0.500. The predicted molar refractivity (Wildman–Crippen MR) is 37.3 cm³/mol. The number of rotatable bonds is 3. The Morgan fingerprint density at radius 2 is 1.64 bits per heavy atom. The van der Waals surface area contributed by atoms with Gasteiger partial charge in [0.2, 0.25) is 0 Å². The second kappa shape index (κ2) is 8.04. The molecular formula is C6H9NaO7. The van der Waals surface area contributed by atoms with Crippen molar-refractivity contribution < 1.29 is 64.3 Å². The molecule has 1 saturated heterocycles. The van der Waals surface area contributed by atoms with Crippen LogP contribution in [0.4, 0.5) is 0 Å². The van der Waals surface area contributed by atoms with E-state index in [-0.39, 0.29) is 29.6 Å². The van der Waals surface area contributed by atoms with Crippen LogP contribution in [-0.2, 0) is 14.3 Å². The van der Waals surface area contributed by atoms with Crippen LogP contribution in [-0.4, -0.2) is 51.7 Å². The Bertz CT molecular complexity index is 172. The third kappa shape index (κ3) is 8.30. The minimum absolute atomic E-state index is 0. The predicted octanol–water partition coefficient (Wildman–Crippen LogP) is -4.56. The molecule has 8 heteroatoms. The maximum atomic E-state index is 9.75. The third-order valence-corrected chi connectivity index (χ3v) is 0.916. The van der Waals surface area contributed by atoms with Crippen LogP contribution in [0, 0.1) is 6.10 Å². The molecule has 0 radical (unpaired) electrons. The zero-order valence-corrected chi connectivity index (χ0v) is 9.51. The van der Waals surface area contributed by atoms with Crippen LogP contribution in [0.5, 0.6) is 0 Å². The summed E-state index contributed by atoms with van der Waals surface area (Å²) < 4.78 is 4.50. The van der Waals surface area contributed by atoms with E-state index in [9.17, 15) is 9.59 Å². The van der Waals surface area contributed by atoms with E-state index in [1.165, 1.54) is 0 Å². The summed E-state index contributed by atoms with van der Waals surface area (Å²) in [6, 6.07) is 0. The van der Waals surface area contributed by atoms with Gasteiger partial charge in [-0.3, -0.25) is 9.59 Å². The van der Waals surface area contributed by atoms with Crippen molar-refractivity contribution in [2.24, 2.45) is 0 Å². The van der Waals surface area contributed by atoms with Crippen molar-refractivity contribution in [3.63, 3.8) is 0 Å². The van der Waals surface area contributed by atoms with E-state index in [1.807, 2.05) is 0 Å². The van der Waals surface area contributed by atoms with Crippen LogP contribution in [0.2, 0.25) is 0 Å². The topological polar surface area (TPSA) is 128 Å². The second-order valence-electron chi connectivity index (χ2n) is 2.04. The SMILES string of the molecule is C1CO1.O=C(O)[C-](O)C(O)C(=O)O.[Na+]. The monoisotopic (exact) mass is 216 g/mol. The Balaban J connectivity index is 0. The first-order chi connectivity index (χ1) is 5.96. The van der Waals surface area contributed by atoms with E-state index in [4.69, 9.17) is 20.4 Å². The molecular weight excluding hydrogens is 207 g/mol. The molecule has 1 atom stereocenters. The third-order valence-electron chi connectivity index (χ3n) is 0.916. The molecule has 0 spiro atoms. The van der Waals surface area contributed by atoms with Gasteiger partial charge in [0.05, 0.1) is 19.3 Å². The van der Waals surface area contributed by atoms with Gasteiger partial charge in [0.15, 0.2) is 5.97 Å². The maximum Gasteiger partial charge on any atom is 1.00 e. The normalized spacial score (nSPS) is 13.9. The number of aliphatic carboxylic acids is 2. The summed E-state index contributed by atoms with van der Waals surface area (Å²) in [6.07, 6.45) is -3.84. The van der Waals surface area contributed by atoms with E-state index >= 15 is 0 Å². The molecule has 1 rings (SSSR count). The molecule has 0 bridgehead atoms. The summed E-state index contributed by atoms with van der Waals surface area (Å²) in [5.41, 5.74) is 0. The van der Waals surface area contributed by atoms with Gasteiger partial charge in [-0.05, 0) is 0 Å².